The fourth-order valence-electron chi connectivity index (χ4n) is 2.12. The highest BCUT2D eigenvalue weighted by Gasteiger charge is 2.18. The van der Waals surface area contributed by atoms with Crippen molar-refractivity contribution in [3.8, 4) is 0 Å². The summed E-state index contributed by atoms with van der Waals surface area (Å²) in [6, 6.07) is 10.0. The molecule has 20 heavy (non-hydrogen) atoms. The van der Waals surface area contributed by atoms with Crippen LogP contribution < -0.4 is 11.3 Å². The molecule has 3 aromatic rings. The lowest BCUT2D eigenvalue weighted by Gasteiger charge is -2.12. The van der Waals surface area contributed by atoms with Gasteiger partial charge >= 0.3 is 0 Å². The van der Waals surface area contributed by atoms with Gasteiger partial charge in [-0.05, 0) is 55.4 Å². The molecule has 0 aliphatic rings. The van der Waals surface area contributed by atoms with Gasteiger partial charge in [-0.25, -0.2) is 5.43 Å². The summed E-state index contributed by atoms with van der Waals surface area (Å²) in [5.74, 6) is 6.54. The Balaban J connectivity index is 1.95. The van der Waals surface area contributed by atoms with Crippen molar-refractivity contribution in [1.29, 1.82) is 0 Å². The highest BCUT2D eigenvalue weighted by molar-refractivity contribution is 9.11. The SMILES string of the molecule is NNC(Cc1sccc1Br)c1cc2cccc(Br)c2o1. The van der Waals surface area contributed by atoms with E-state index in [2.05, 4.69) is 42.7 Å². The number of hydrazine groups is 1. The summed E-state index contributed by atoms with van der Waals surface area (Å²) >= 11 is 8.75. The molecule has 1 unspecified atom stereocenters. The van der Waals surface area contributed by atoms with Crippen molar-refractivity contribution in [3.63, 3.8) is 0 Å². The Morgan fingerprint density at radius 1 is 1.25 bits per heavy atom. The van der Waals surface area contributed by atoms with E-state index in [0.717, 1.165) is 32.1 Å². The first kappa shape index (κ1) is 14.3. The standard InChI is InChI=1S/C14H12Br2N2OS/c15-9-4-5-20-13(9)7-11(18-17)12-6-8-2-1-3-10(16)14(8)19-12/h1-6,11,18H,7,17H2. The molecule has 3 rings (SSSR count). The number of halogens is 2. The van der Waals surface area contributed by atoms with Crippen molar-refractivity contribution in [2.45, 2.75) is 12.5 Å². The number of fused-ring (bicyclic) bond motifs is 1. The van der Waals surface area contributed by atoms with Crippen LogP contribution in [0.25, 0.3) is 11.0 Å². The number of nitrogens with two attached hydrogens (primary N) is 1. The molecule has 1 atom stereocenters. The van der Waals surface area contributed by atoms with Gasteiger partial charge < -0.3 is 4.42 Å². The van der Waals surface area contributed by atoms with Gasteiger partial charge in [-0.2, -0.15) is 0 Å². The smallest absolute Gasteiger partial charge is 0.148 e. The molecular formula is C14H12Br2N2OS. The van der Waals surface area contributed by atoms with Gasteiger partial charge in [0.25, 0.3) is 0 Å². The van der Waals surface area contributed by atoms with Gasteiger partial charge in [0, 0.05) is 21.2 Å². The van der Waals surface area contributed by atoms with Gasteiger partial charge in [0.2, 0.25) is 0 Å². The van der Waals surface area contributed by atoms with Crippen LogP contribution in [-0.2, 0) is 6.42 Å². The number of rotatable bonds is 4. The highest BCUT2D eigenvalue weighted by Crippen LogP contribution is 2.32. The third-order valence-corrected chi connectivity index (χ3v) is 5.71. The molecule has 0 radical (unpaired) electrons. The second kappa shape index (κ2) is 5.99. The van der Waals surface area contributed by atoms with Gasteiger partial charge in [0.05, 0.1) is 10.5 Å². The van der Waals surface area contributed by atoms with Crippen LogP contribution in [0, 0.1) is 0 Å². The second-order valence-electron chi connectivity index (χ2n) is 4.42. The van der Waals surface area contributed by atoms with Crippen LogP contribution in [0.5, 0.6) is 0 Å². The normalized spacial score (nSPS) is 12.9. The molecule has 0 spiro atoms. The first-order valence-electron chi connectivity index (χ1n) is 6.05. The number of benzene rings is 1. The van der Waals surface area contributed by atoms with E-state index in [9.17, 15) is 0 Å². The first-order chi connectivity index (χ1) is 9.69. The molecule has 0 saturated carbocycles. The van der Waals surface area contributed by atoms with E-state index >= 15 is 0 Å². The van der Waals surface area contributed by atoms with E-state index in [4.69, 9.17) is 10.3 Å². The Morgan fingerprint density at radius 2 is 2.10 bits per heavy atom. The maximum atomic E-state index is 5.94. The number of hydrogen-bond acceptors (Lipinski definition) is 4. The lowest BCUT2D eigenvalue weighted by atomic mass is 10.1. The Labute approximate surface area is 137 Å². The van der Waals surface area contributed by atoms with Crippen LogP contribution in [0.1, 0.15) is 16.7 Å². The largest absolute Gasteiger partial charge is 0.458 e. The second-order valence-corrected chi connectivity index (χ2v) is 7.13. The monoisotopic (exact) mass is 414 g/mol. The maximum Gasteiger partial charge on any atom is 0.148 e. The summed E-state index contributed by atoms with van der Waals surface area (Å²) in [5, 5.41) is 3.13. The molecule has 2 heterocycles. The molecule has 1 aromatic carbocycles. The minimum atomic E-state index is -0.0516. The summed E-state index contributed by atoms with van der Waals surface area (Å²) in [6.45, 7) is 0. The van der Waals surface area contributed by atoms with Crippen molar-refractivity contribution in [1.82, 2.24) is 5.43 Å². The third kappa shape index (κ3) is 2.71. The number of para-hydroxylation sites is 1. The van der Waals surface area contributed by atoms with Gasteiger partial charge in [-0.15, -0.1) is 11.3 Å². The molecule has 0 saturated heterocycles. The van der Waals surface area contributed by atoms with Crippen molar-refractivity contribution in [2.24, 2.45) is 5.84 Å². The molecule has 3 nitrogen and oxygen atoms in total. The third-order valence-electron chi connectivity index (χ3n) is 3.14. The Morgan fingerprint density at radius 3 is 2.75 bits per heavy atom. The Bertz CT molecular complexity index is 738. The Hall–Kier alpha value is -0.660. The minimum absolute atomic E-state index is 0.0516. The first-order valence-corrected chi connectivity index (χ1v) is 8.51. The van der Waals surface area contributed by atoms with E-state index in [1.54, 1.807) is 11.3 Å². The summed E-state index contributed by atoms with van der Waals surface area (Å²) in [7, 11) is 0. The fraction of sp³-hybridized carbons (Fsp3) is 0.143. The summed E-state index contributed by atoms with van der Waals surface area (Å²) in [5.41, 5.74) is 3.70. The van der Waals surface area contributed by atoms with E-state index in [1.165, 1.54) is 4.88 Å². The highest BCUT2D eigenvalue weighted by atomic mass is 79.9. The van der Waals surface area contributed by atoms with Gasteiger partial charge in [0.1, 0.15) is 11.3 Å². The molecule has 0 bridgehead atoms. The number of hydrogen-bond donors (Lipinski definition) is 2. The molecular weight excluding hydrogens is 404 g/mol. The fourth-order valence-corrected chi connectivity index (χ4v) is 4.14. The summed E-state index contributed by atoms with van der Waals surface area (Å²) in [6.07, 6.45) is 0.784. The summed E-state index contributed by atoms with van der Waals surface area (Å²) < 4.78 is 8.00. The van der Waals surface area contributed by atoms with Gasteiger partial charge in [-0.3, -0.25) is 5.84 Å². The molecule has 104 valence electrons. The van der Waals surface area contributed by atoms with E-state index in [0.29, 0.717) is 0 Å². The average molecular weight is 416 g/mol. The van der Waals surface area contributed by atoms with E-state index < -0.39 is 0 Å². The molecule has 0 fully saturated rings. The lowest BCUT2D eigenvalue weighted by molar-refractivity contribution is 0.435. The van der Waals surface area contributed by atoms with Crippen LogP contribution in [0.3, 0.4) is 0 Å². The van der Waals surface area contributed by atoms with Crippen molar-refractivity contribution in [2.75, 3.05) is 0 Å². The van der Waals surface area contributed by atoms with Crippen LogP contribution in [0.2, 0.25) is 0 Å². The molecule has 0 amide bonds. The van der Waals surface area contributed by atoms with Crippen molar-refractivity contribution < 1.29 is 4.42 Å². The van der Waals surface area contributed by atoms with Crippen LogP contribution in [0.15, 0.2) is 49.1 Å². The van der Waals surface area contributed by atoms with Crippen molar-refractivity contribution in [3.05, 3.63) is 55.3 Å². The van der Waals surface area contributed by atoms with Gasteiger partial charge in [-0.1, -0.05) is 12.1 Å². The van der Waals surface area contributed by atoms with Gasteiger partial charge in [0.15, 0.2) is 0 Å². The van der Waals surface area contributed by atoms with Crippen LogP contribution in [-0.4, -0.2) is 0 Å². The summed E-state index contributed by atoms with van der Waals surface area (Å²) in [4.78, 5) is 1.24. The number of thiophene rings is 1. The predicted octanol–water partition coefficient (Wildman–Crippen LogP) is 4.77. The zero-order chi connectivity index (χ0) is 14.1. The quantitative estimate of drug-likeness (QED) is 0.476. The average Bonchev–Trinajstić information content (AvgIpc) is 3.03. The number of nitrogens with one attached hydrogen (secondary N) is 1. The Kier molecular flexibility index (Phi) is 4.28. The zero-order valence-corrected chi connectivity index (χ0v) is 14.4. The van der Waals surface area contributed by atoms with Crippen molar-refractivity contribution >= 4 is 54.2 Å². The zero-order valence-electron chi connectivity index (χ0n) is 10.4. The molecule has 0 aliphatic heterocycles. The lowest BCUT2D eigenvalue weighted by Crippen LogP contribution is -2.29. The number of furan rings is 1. The van der Waals surface area contributed by atoms with E-state index in [1.807, 2.05) is 30.3 Å². The molecule has 3 N–H and O–H groups in total. The molecule has 2 aromatic heterocycles. The molecule has 0 aliphatic carbocycles. The topological polar surface area (TPSA) is 51.2 Å². The van der Waals surface area contributed by atoms with E-state index in [-0.39, 0.29) is 6.04 Å². The molecule has 6 heteroatoms. The van der Waals surface area contributed by atoms with Crippen LogP contribution >= 0.6 is 43.2 Å². The van der Waals surface area contributed by atoms with Crippen LogP contribution in [0.4, 0.5) is 0 Å². The maximum absolute atomic E-state index is 5.94. The predicted molar refractivity (Wildman–Crippen MR) is 89.7 cm³/mol. The minimum Gasteiger partial charge on any atom is -0.458 e.